The summed E-state index contributed by atoms with van der Waals surface area (Å²) in [5, 5.41) is 12.2. The number of alkyl halides is 2. The third-order valence-corrected chi connectivity index (χ3v) is 9.62. The summed E-state index contributed by atoms with van der Waals surface area (Å²) in [6.07, 6.45) is 1.22. The number of ether oxygens (including phenoxy) is 2. The van der Waals surface area contributed by atoms with Crippen molar-refractivity contribution in [2.24, 2.45) is 5.92 Å². The van der Waals surface area contributed by atoms with Gasteiger partial charge in [0.25, 0.3) is 0 Å². The lowest BCUT2D eigenvalue weighted by Gasteiger charge is -2.39. The predicted molar refractivity (Wildman–Crippen MR) is 144 cm³/mol. The van der Waals surface area contributed by atoms with Crippen molar-refractivity contribution >= 4 is 21.9 Å². The summed E-state index contributed by atoms with van der Waals surface area (Å²) < 4.78 is 70.4. The number of amides is 1. The highest BCUT2D eigenvalue weighted by Gasteiger charge is 2.49. The van der Waals surface area contributed by atoms with E-state index in [1.807, 2.05) is 0 Å². The minimum atomic E-state index is -4.43. The van der Waals surface area contributed by atoms with Crippen LogP contribution in [-0.4, -0.2) is 80.9 Å². The van der Waals surface area contributed by atoms with Gasteiger partial charge in [-0.05, 0) is 55.0 Å². The van der Waals surface area contributed by atoms with E-state index in [0.717, 1.165) is 12.8 Å². The maximum Gasteiger partial charge on any atom is 0.320 e. The molecule has 0 bridgehead atoms. The van der Waals surface area contributed by atoms with Crippen LogP contribution in [0.2, 0.25) is 0 Å². The second kappa shape index (κ2) is 13.3. The van der Waals surface area contributed by atoms with E-state index < -0.39 is 46.5 Å². The fourth-order valence-electron chi connectivity index (χ4n) is 5.60. The largest absolute Gasteiger partial charge is 0.530 e. The predicted octanol–water partition coefficient (Wildman–Crippen LogP) is 3.13. The maximum atomic E-state index is 16.0. The molecule has 1 amide bonds. The first kappa shape index (κ1) is 30.9. The van der Waals surface area contributed by atoms with Gasteiger partial charge in [0.05, 0.1) is 37.2 Å². The molecule has 0 unspecified atom stereocenters. The number of carbonyl (C=O) groups is 2. The number of carbonyl (C=O) groups excluding carboxylic acids is 2. The second-order valence-corrected chi connectivity index (χ2v) is 12.5. The number of hydrogen-bond donors (Lipinski definition) is 0. The minimum Gasteiger partial charge on any atom is -0.530 e. The van der Waals surface area contributed by atoms with Crippen LogP contribution >= 0.6 is 0 Å². The molecule has 2 aliphatic rings. The Balaban J connectivity index is 1.67. The molecule has 224 valence electrons. The molecule has 1 aliphatic heterocycles. The summed E-state index contributed by atoms with van der Waals surface area (Å²) in [5.74, 6) is -5.62. The van der Waals surface area contributed by atoms with Crippen molar-refractivity contribution < 1.29 is 41.4 Å². The summed E-state index contributed by atoms with van der Waals surface area (Å²) in [7, 11) is -3.02. The lowest BCUT2D eigenvalue weighted by Crippen LogP contribution is -2.61. The van der Waals surface area contributed by atoms with Gasteiger partial charge in [0.15, 0.2) is 0 Å². The standard InChI is InChI=1S/C29H36F2N2O7S/c1-39-24-11-13-25(14-12-24)41(37,38)32(18-22-9-5-6-10-22)20-29(30,31)27(34)26(17-21-7-3-2-4-8-21)33(28(35)36)23-15-16-40-19-23/h2-4,7-8,11-14,22-23,26H,5-6,9-10,15-20H2,1H3,(H,35,36)/p-1/t23-,26+/m0/s1. The van der Waals surface area contributed by atoms with E-state index in [1.165, 1.54) is 31.4 Å². The average molecular weight is 594 g/mol. The smallest absolute Gasteiger partial charge is 0.320 e. The molecule has 41 heavy (non-hydrogen) atoms. The Morgan fingerprint density at radius 3 is 2.29 bits per heavy atom. The number of rotatable bonds is 13. The van der Waals surface area contributed by atoms with E-state index in [4.69, 9.17) is 9.47 Å². The van der Waals surface area contributed by atoms with E-state index in [9.17, 15) is 23.1 Å². The zero-order valence-electron chi connectivity index (χ0n) is 22.9. The topological polar surface area (TPSA) is 116 Å². The van der Waals surface area contributed by atoms with Crippen LogP contribution in [0, 0.1) is 5.92 Å². The number of sulfonamides is 1. The van der Waals surface area contributed by atoms with E-state index in [2.05, 4.69) is 0 Å². The average Bonchev–Trinajstić information content (AvgIpc) is 3.67. The van der Waals surface area contributed by atoms with Crippen molar-refractivity contribution in [1.29, 1.82) is 0 Å². The molecule has 0 aromatic heterocycles. The number of carboxylic acid groups (broad SMARTS) is 1. The Hall–Kier alpha value is -3.09. The molecule has 1 heterocycles. The zero-order valence-corrected chi connectivity index (χ0v) is 23.7. The molecule has 1 saturated carbocycles. The van der Waals surface area contributed by atoms with Gasteiger partial charge >= 0.3 is 5.92 Å². The van der Waals surface area contributed by atoms with Gasteiger partial charge in [-0.2, -0.15) is 13.1 Å². The fraction of sp³-hybridized carbons (Fsp3) is 0.517. The first-order chi connectivity index (χ1) is 19.5. The Labute approximate surface area is 239 Å². The molecule has 2 aromatic carbocycles. The van der Waals surface area contributed by atoms with Crippen molar-refractivity contribution in [2.75, 3.05) is 33.4 Å². The molecule has 2 fully saturated rings. The molecule has 12 heteroatoms. The number of hydrogen-bond acceptors (Lipinski definition) is 7. The Morgan fingerprint density at radius 1 is 1.07 bits per heavy atom. The highest BCUT2D eigenvalue weighted by atomic mass is 32.2. The summed E-state index contributed by atoms with van der Waals surface area (Å²) >= 11 is 0. The first-order valence-corrected chi connectivity index (χ1v) is 15.1. The van der Waals surface area contributed by atoms with Crippen LogP contribution in [0.15, 0.2) is 59.5 Å². The Kier molecular flexibility index (Phi) is 9.98. The minimum absolute atomic E-state index is 0.0578. The molecular formula is C29H35F2N2O7S-. The van der Waals surface area contributed by atoms with Crippen LogP contribution in [0.3, 0.4) is 0 Å². The number of methoxy groups -OCH3 is 1. The summed E-state index contributed by atoms with van der Waals surface area (Å²) in [5.41, 5.74) is 0.473. The van der Waals surface area contributed by atoms with Gasteiger partial charge in [0.1, 0.15) is 11.8 Å². The SMILES string of the molecule is COc1ccc(S(=O)(=O)N(CC2CCCC2)CC(F)(F)C(=O)[C@@H](Cc2ccccc2)N(C(=O)[O-])[C@H]2CCOC2)cc1. The first-order valence-electron chi connectivity index (χ1n) is 13.7. The van der Waals surface area contributed by atoms with Crippen molar-refractivity contribution in [2.45, 2.75) is 61.4 Å². The number of halogens is 2. The molecule has 1 saturated heterocycles. The Bertz CT molecular complexity index is 1280. The molecule has 4 rings (SSSR count). The highest BCUT2D eigenvalue weighted by molar-refractivity contribution is 7.89. The molecule has 1 aliphatic carbocycles. The molecular weight excluding hydrogens is 558 g/mol. The molecule has 0 N–H and O–H groups in total. The summed E-state index contributed by atoms with van der Waals surface area (Å²) in [6, 6.07) is 11.0. The van der Waals surface area contributed by atoms with Crippen molar-refractivity contribution in [3.8, 4) is 5.75 Å². The van der Waals surface area contributed by atoms with Crippen LogP contribution in [0.4, 0.5) is 13.6 Å². The lowest BCUT2D eigenvalue weighted by atomic mass is 9.95. The van der Waals surface area contributed by atoms with Crippen molar-refractivity contribution in [1.82, 2.24) is 9.21 Å². The third-order valence-electron chi connectivity index (χ3n) is 7.79. The van der Waals surface area contributed by atoms with Gasteiger partial charge in [-0.1, -0.05) is 43.2 Å². The monoisotopic (exact) mass is 593 g/mol. The zero-order chi connectivity index (χ0) is 29.6. The van der Waals surface area contributed by atoms with Gasteiger partial charge in [0.2, 0.25) is 15.8 Å². The molecule has 0 radical (unpaired) electrons. The van der Waals surface area contributed by atoms with E-state index >= 15 is 8.78 Å². The van der Waals surface area contributed by atoms with E-state index in [1.54, 1.807) is 30.3 Å². The Morgan fingerprint density at radius 2 is 1.73 bits per heavy atom. The van der Waals surface area contributed by atoms with E-state index in [-0.39, 0.29) is 43.4 Å². The third kappa shape index (κ3) is 7.41. The molecule has 0 spiro atoms. The van der Waals surface area contributed by atoms with Crippen LogP contribution < -0.4 is 9.84 Å². The molecule has 9 nitrogen and oxygen atoms in total. The van der Waals surface area contributed by atoms with Crippen LogP contribution in [-0.2, 0) is 26.0 Å². The quantitative estimate of drug-likeness (QED) is 0.350. The fourth-order valence-corrected chi connectivity index (χ4v) is 7.11. The van der Waals surface area contributed by atoms with Crippen molar-refractivity contribution in [3.63, 3.8) is 0 Å². The van der Waals surface area contributed by atoms with Crippen molar-refractivity contribution in [3.05, 3.63) is 60.2 Å². The van der Waals surface area contributed by atoms with E-state index in [0.29, 0.717) is 33.4 Å². The highest BCUT2D eigenvalue weighted by Crippen LogP contribution is 2.32. The van der Waals surface area contributed by atoms with Gasteiger partial charge in [0, 0.05) is 19.6 Å². The van der Waals surface area contributed by atoms with Crippen LogP contribution in [0.1, 0.15) is 37.7 Å². The van der Waals surface area contributed by atoms with Gasteiger partial charge in [-0.15, -0.1) is 0 Å². The summed E-state index contributed by atoms with van der Waals surface area (Å²) in [6.45, 7) is -1.44. The van der Waals surface area contributed by atoms with Gasteiger partial charge in [-0.25, -0.2) is 8.42 Å². The van der Waals surface area contributed by atoms with Crippen LogP contribution in [0.25, 0.3) is 0 Å². The van der Waals surface area contributed by atoms with Gasteiger partial charge < -0.3 is 24.3 Å². The number of ketones is 1. The lowest BCUT2D eigenvalue weighted by molar-refractivity contribution is -0.270. The molecule has 2 atom stereocenters. The van der Waals surface area contributed by atoms with Gasteiger partial charge in [-0.3, -0.25) is 4.79 Å². The number of Topliss-reactive ketones (excluding diaryl/α,β-unsaturated/α-hetero) is 1. The summed E-state index contributed by atoms with van der Waals surface area (Å²) in [4.78, 5) is 26.3. The maximum absolute atomic E-state index is 16.0. The number of benzene rings is 2. The molecule has 2 aromatic rings. The second-order valence-electron chi connectivity index (χ2n) is 10.6. The van der Waals surface area contributed by atoms with Crippen LogP contribution in [0.5, 0.6) is 5.75 Å². The normalized spacial score (nSPS) is 18.9. The number of nitrogens with zero attached hydrogens (tertiary/aromatic N) is 2.